The molecule has 9 heteroatoms. The van der Waals surface area contributed by atoms with Gasteiger partial charge in [0.15, 0.2) is 6.61 Å². The molecular formula is C23H21N3O4S2. The van der Waals surface area contributed by atoms with Gasteiger partial charge >= 0.3 is 5.97 Å². The Morgan fingerprint density at radius 3 is 2.66 bits per heavy atom. The first-order chi connectivity index (χ1) is 15.5. The molecule has 1 aliphatic heterocycles. The highest BCUT2D eigenvalue weighted by Gasteiger charge is 2.34. The Hall–Kier alpha value is -3.30. The first-order valence-electron chi connectivity index (χ1n) is 9.98. The molecule has 1 unspecified atom stereocenters. The molecule has 2 amide bonds. The number of benzene rings is 1. The largest absolute Gasteiger partial charge is 0.454 e. The van der Waals surface area contributed by atoms with Gasteiger partial charge < -0.3 is 10.1 Å². The summed E-state index contributed by atoms with van der Waals surface area (Å²) in [7, 11) is 0. The molecule has 0 radical (unpaired) electrons. The van der Waals surface area contributed by atoms with Crippen LogP contribution in [0.15, 0.2) is 64.4 Å². The van der Waals surface area contributed by atoms with E-state index in [0.717, 1.165) is 21.0 Å². The monoisotopic (exact) mass is 467 g/mol. The van der Waals surface area contributed by atoms with Crippen LogP contribution in [0.3, 0.4) is 0 Å². The number of rotatable bonds is 7. The van der Waals surface area contributed by atoms with E-state index in [1.54, 1.807) is 40.9 Å². The van der Waals surface area contributed by atoms with Gasteiger partial charge in [0.1, 0.15) is 6.54 Å². The summed E-state index contributed by atoms with van der Waals surface area (Å²) >= 11 is 3.12. The summed E-state index contributed by atoms with van der Waals surface area (Å²) in [6.07, 6.45) is 0.604. The Balaban J connectivity index is 1.34. The minimum absolute atomic E-state index is 0.223. The molecule has 4 rings (SSSR count). The first kappa shape index (κ1) is 21.9. The molecule has 0 fully saturated rings. The summed E-state index contributed by atoms with van der Waals surface area (Å²) in [6, 6.07) is 14.6. The van der Waals surface area contributed by atoms with Gasteiger partial charge in [0.2, 0.25) is 0 Å². The quantitative estimate of drug-likeness (QED) is 0.536. The zero-order valence-corrected chi connectivity index (χ0v) is 18.9. The minimum atomic E-state index is -0.686. The zero-order chi connectivity index (χ0) is 22.5. The van der Waals surface area contributed by atoms with Crippen molar-refractivity contribution in [3.63, 3.8) is 0 Å². The Kier molecular flexibility index (Phi) is 6.77. The summed E-state index contributed by atoms with van der Waals surface area (Å²) in [5.74, 6) is -1.47. The number of thiophene rings is 2. The highest BCUT2D eigenvalue weighted by Crippen LogP contribution is 2.35. The topological polar surface area (TPSA) is 88.1 Å². The molecule has 0 saturated carbocycles. The highest BCUT2D eigenvalue weighted by molar-refractivity contribution is 7.12. The second-order valence-electron chi connectivity index (χ2n) is 7.21. The van der Waals surface area contributed by atoms with Crippen molar-refractivity contribution >= 4 is 46.2 Å². The molecule has 1 N–H and O–H groups in total. The van der Waals surface area contributed by atoms with Crippen molar-refractivity contribution in [1.82, 2.24) is 10.3 Å². The molecule has 0 spiro atoms. The van der Waals surface area contributed by atoms with E-state index in [1.807, 2.05) is 48.0 Å². The van der Waals surface area contributed by atoms with Crippen molar-refractivity contribution in [2.45, 2.75) is 19.4 Å². The van der Waals surface area contributed by atoms with Gasteiger partial charge in [-0.3, -0.25) is 14.4 Å². The van der Waals surface area contributed by atoms with Gasteiger partial charge in [0.05, 0.1) is 16.6 Å². The standard InChI is InChI=1S/C23H21N3O4S2/c1-15-5-2-6-16(11-15)23(29)24-13-22(28)30-14-21(27)26-18(20-8-4-10-32-20)12-17(25-26)19-7-3-9-31-19/h2-11,18H,12-14H2,1H3,(H,24,29). The Labute approximate surface area is 193 Å². The van der Waals surface area contributed by atoms with Gasteiger partial charge in [0.25, 0.3) is 11.8 Å². The molecule has 1 atom stereocenters. The third-order valence-electron chi connectivity index (χ3n) is 4.87. The van der Waals surface area contributed by atoms with Crippen molar-refractivity contribution in [1.29, 1.82) is 0 Å². The molecule has 7 nitrogen and oxygen atoms in total. The van der Waals surface area contributed by atoms with Crippen LogP contribution in [0.1, 0.15) is 38.1 Å². The van der Waals surface area contributed by atoms with Gasteiger partial charge in [-0.05, 0) is 41.9 Å². The third kappa shape index (κ3) is 5.12. The van der Waals surface area contributed by atoms with Crippen molar-refractivity contribution in [2.24, 2.45) is 5.10 Å². The highest BCUT2D eigenvalue weighted by atomic mass is 32.1. The van der Waals surface area contributed by atoms with Crippen LogP contribution in [0.25, 0.3) is 0 Å². The lowest BCUT2D eigenvalue weighted by molar-refractivity contribution is -0.151. The molecule has 0 bridgehead atoms. The molecule has 3 aromatic rings. The molecule has 0 aliphatic carbocycles. The van der Waals surface area contributed by atoms with E-state index in [0.29, 0.717) is 12.0 Å². The van der Waals surface area contributed by atoms with E-state index in [9.17, 15) is 14.4 Å². The predicted molar refractivity (Wildman–Crippen MR) is 124 cm³/mol. The number of hydrazone groups is 1. The van der Waals surface area contributed by atoms with Crippen molar-refractivity contribution in [3.05, 3.63) is 80.2 Å². The molecule has 1 aliphatic rings. The van der Waals surface area contributed by atoms with Crippen LogP contribution in [0.2, 0.25) is 0 Å². The summed E-state index contributed by atoms with van der Waals surface area (Å²) in [4.78, 5) is 39.1. The van der Waals surface area contributed by atoms with Gasteiger partial charge in [-0.25, -0.2) is 5.01 Å². The molecule has 0 saturated heterocycles. The number of aryl methyl sites for hydroxylation is 1. The number of amides is 2. The average Bonchev–Trinajstić information content (AvgIpc) is 3.55. The van der Waals surface area contributed by atoms with Crippen LogP contribution in [0.4, 0.5) is 0 Å². The van der Waals surface area contributed by atoms with Crippen LogP contribution in [0.5, 0.6) is 0 Å². The van der Waals surface area contributed by atoms with E-state index in [2.05, 4.69) is 10.4 Å². The van der Waals surface area contributed by atoms with E-state index >= 15 is 0 Å². The number of esters is 1. The number of ether oxygens (including phenoxy) is 1. The fourth-order valence-corrected chi connectivity index (χ4v) is 4.87. The van der Waals surface area contributed by atoms with Crippen molar-refractivity contribution in [2.75, 3.05) is 13.2 Å². The SMILES string of the molecule is Cc1cccc(C(=O)NCC(=O)OCC(=O)N2N=C(c3cccs3)CC2c2cccs2)c1. The van der Waals surface area contributed by atoms with Crippen LogP contribution < -0.4 is 5.32 Å². The second kappa shape index (κ2) is 9.88. The van der Waals surface area contributed by atoms with Gasteiger partial charge in [0, 0.05) is 16.9 Å². The number of hydrogen-bond acceptors (Lipinski definition) is 7. The van der Waals surface area contributed by atoms with Crippen LogP contribution in [-0.4, -0.2) is 41.7 Å². The second-order valence-corrected chi connectivity index (χ2v) is 9.14. The molecule has 2 aromatic heterocycles. The number of carbonyl (C=O) groups is 3. The molecule has 32 heavy (non-hydrogen) atoms. The van der Waals surface area contributed by atoms with Crippen LogP contribution in [-0.2, 0) is 14.3 Å². The minimum Gasteiger partial charge on any atom is -0.454 e. The Bertz CT molecular complexity index is 1140. The van der Waals surface area contributed by atoms with Gasteiger partial charge in [-0.2, -0.15) is 5.10 Å². The average molecular weight is 468 g/mol. The molecular weight excluding hydrogens is 446 g/mol. The van der Waals surface area contributed by atoms with Gasteiger partial charge in [-0.1, -0.05) is 29.8 Å². The summed E-state index contributed by atoms with van der Waals surface area (Å²) in [6.45, 7) is 1.12. The number of nitrogens with zero attached hydrogens (tertiary/aromatic N) is 2. The Morgan fingerprint density at radius 1 is 1.12 bits per heavy atom. The lowest BCUT2D eigenvalue weighted by Gasteiger charge is -2.20. The summed E-state index contributed by atoms with van der Waals surface area (Å²) in [5.41, 5.74) is 2.24. The van der Waals surface area contributed by atoms with Crippen LogP contribution >= 0.6 is 22.7 Å². The maximum atomic E-state index is 12.8. The van der Waals surface area contributed by atoms with Crippen LogP contribution in [0, 0.1) is 6.92 Å². The fourth-order valence-electron chi connectivity index (χ4n) is 3.33. The maximum absolute atomic E-state index is 12.8. The van der Waals surface area contributed by atoms with Crippen molar-refractivity contribution < 1.29 is 19.1 Å². The number of nitrogens with one attached hydrogen (secondary N) is 1. The number of hydrogen-bond donors (Lipinski definition) is 1. The Morgan fingerprint density at radius 2 is 1.94 bits per heavy atom. The van der Waals surface area contributed by atoms with Gasteiger partial charge in [-0.15, -0.1) is 22.7 Å². The predicted octanol–water partition coefficient (Wildman–Crippen LogP) is 3.77. The molecule has 1 aromatic carbocycles. The normalized spacial score (nSPS) is 15.3. The maximum Gasteiger partial charge on any atom is 0.325 e. The van der Waals surface area contributed by atoms with Crippen molar-refractivity contribution in [3.8, 4) is 0 Å². The lowest BCUT2D eigenvalue weighted by Crippen LogP contribution is -2.34. The smallest absolute Gasteiger partial charge is 0.325 e. The lowest BCUT2D eigenvalue weighted by atomic mass is 10.1. The third-order valence-corrected chi connectivity index (χ3v) is 6.77. The van der Waals surface area contributed by atoms with E-state index in [-0.39, 0.29) is 18.5 Å². The summed E-state index contributed by atoms with van der Waals surface area (Å²) in [5, 5.41) is 12.4. The van der Waals surface area contributed by atoms with E-state index in [1.165, 1.54) is 5.01 Å². The first-order valence-corrected chi connectivity index (χ1v) is 11.7. The van der Waals surface area contributed by atoms with E-state index < -0.39 is 18.5 Å². The fraction of sp³-hybridized carbons (Fsp3) is 0.217. The number of carbonyl (C=O) groups excluding carboxylic acids is 3. The zero-order valence-electron chi connectivity index (χ0n) is 17.3. The molecule has 164 valence electrons. The molecule has 3 heterocycles. The summed E-state index contributed by atoms with van der Waals surface area (Å²) < 4.78 is 5.11. The van der Waals surface area contributed by atoms with E-state index in [4.69, 9.17) is 4.74 Å².